The highest BCUT2D eigenvalue weighted by atomic mass is 16.5. The zero-order valence-electron chi connectivity index (χ0n) is 33.2. The van der Waals surface area contributed by atoms with Crippen molar-refractivity contribution < 1.29 is 4.74 Å². The molecule has 9 rings (SSSR count). The van der Waals surface area contributed by atoms with Gasteiger partial charge in [0.2, 0.25) is 0 Å². The zero-order chi connectivity index (χ0) is 40.0. The summed E-state index contributed by atoms with van der Waals surface area (Å²) in [4.78, 5) is 4.57. The highest BCUT2D eigenvalue weighted by molar-refractivity contribution is 5.81. The summed E-state index contributed by atoms with van der Waals surface area (Å²) in [6, 6.07) is 81.3. The molecule has 3 heteroatoms. The summed E-state index contributed by atoms with van der Waals surface area (Å²) >= 11 is 0. The highest BCUT2D eigenvalue weighted by Gasteiger charge is 2.15. The molecule has 0 aromatic heterocycles. The molecule has 9 aromatic carbocycles. The molecule has 0 heterocycles. The Bertz CT molecular complexity index is 2730. The third-order valence-electron chi connectivity index (χ3n) is 10.7. The monoisotopic (exact) mass is 760 g/mol. The van der Waals surface area contributed by atoms with E-state index in [0.29, 0.717) is 0 Å². The van der Waals surface area contributed by atoms with Crippen molar-refractivity contribution >= 4 is 34.1 Å². The van der Waals surface area contributed by atoms with Gasteiger partial charge >= 0.3 is 0 Å². The second-order valence-corrected chi connectivity index (χ2v) is 14.8. The lowest BCUT2D eigenvalue weighted by molar-refractivity contribution is 0.483. The maximum absolute atomic E-state index is 6.35. The van der Waals surface area contributed by atoms with Crippen LogP contribution in [-0.4, -0.2) is 0 Å². The molecule has 0 fully saturated rings. The maximum atomic E-state index is 6.35. The van der Waals surface area contributed by atoms with Gasteiger partial charge in [-0.25, -0.2) is 0 Å². The summed E-state index contributed by atoms with van der Waals surface area (Å²) in [5.74, 6) is 1.57. The minimum Gasteiger partial charge on any atom is -0.457 e. The lowest BCUT2D eigenvalue weighted by Crippen LogP contribution is -2.09. The molecule has 0 atom stereocenters. The first-order valence-electron chi connectivity index (χ1n) is 20.1. The van der Waals surface area contributed by atoms with Gasteiger partial charge in [0.1, 0.15) is 11.5 Å². The third-order valence-corrected chi connectivity index (χ3v) is 10.7. The van der Waals surface area contributed by atoms with Crippen LogP contribution in [0.25, 0.3) is 33.4 Å². The van der Waals surface area contributed by atoms with E-state index >= 15 is 0 Å². The van der Waals surface area contributed by atoms with Gasteiger partial charge in [0.25, 0.3) is 0 Å². The normalized spacial score (nSPS) is 10.9. The Hall–Kier alpha value is -7.62. The molecule has 0 unspecified atom stereocenters. The van der Waals surface area contributed by atoms with Gasteiger partial charge in [0, 0.05) is 34.1 Å². The van der Waals surface area contributed by atoms with E-state index in [-0.39, 0.29) is 0 Å². The van der Waals surface area contributed by atoms with E-state index in [4.69, 9.17) is 4.74 Å². The first-order chi connectivity index (χ1) is 29.0. The van der Waals surface area contributed by atoms with E-state index in [1.807, 2.05) is 30.3 Å². The van der Waals surface area contributed by atoms with Crippen molar-refractivity contribution in [3.63, 3.8) is 0 Å². The highest BCUT2D eigenvalue weighted by Crippen LogP contribution is 2.39. The molecule has 0 radical (unpaired) electrons. The standard InChI is InChI=1S/C56H44N2O/c1-41-13-17-43(18-14-41)45-21-29-51(30-22-45)57(49-9-5-3-6-10-49)52-33-25-47(26-34-52)48-27-37-55(38-28-48)59-56-39-35-54(36-40-56)58(50-11-7-4-8-12-50)53-31-23-46(24-32-53)44-19-15-42(2)16-20-44/h3-40H,1-2H3. The van der Waals surface area contributed by atoms with Gasteiger partial charge in [-0.05, 0) is 144 Å². The van der Waals surface area contributed by atoms with Crippen LogP contribution in [0.2, 0.25) is 0 Å². The van der Waals surface area contributed by atoms with Crippen molar-refractivity contribution in [3.05, 3.63) is 242 Å². The molecule has 0 saturated heterocycles. The predicted molar refractivity (Wildman–Crippen MR) is 248 cm³/mol. The third kappa shape index (κ3) is 8.41. The number of aryl methyl sites for hydroxylation is 2. The van der Waals surface area contributed by atoms with E-state index < -0.39 is 0 Å². The Balaban J connectivity index is 0.903. The van der Waals surface area contributed by atoms with E-state index in [1.165, 1.54) is 33.4 Å². The molecule has 0 aliphatic carbocycles. The Morgan fingerprint density at radius 3 is 0.763 bits per heavy atom. The van der Waals surface area contributed by atoms with Crippen molar-refractivity contribution in [1.82, 2.24) is 0 Å². The maximum Gasteiger partial charge on any atom is 0.127 e. The van der Waals surface area contributed by atoms with Crippen LogP contribution in [0.1, 0.15) is 11.1 Å². The second kappa shape index (κ2) is 16.9. The summed E-state index contributed by atoms with van der Waals surface area (Å²) in [5, 5.41) is 0. The van der Waals surface area contributed by atoms with Crippen molar-refractivity contribution in [3.8, 4) is 44.9 Å². The summed E-state index contributed by atoms with van der Waals surface area (Å²) in [5.41, 5.74) is 16.1. The molecular formula is C56H44N2O. The largest absolute Gasteiger partial charge is 0.457 e. The first-order valence-corrected chi connectivity index (χ1v) is 20.1. The minimum absolute atomic E-state index is 0.779. The molecule has 0 bridgehead atoms. The van der Waals surface area contributed by atoms with Gasteiger partial charge in [-0.15, -0.1) is 0 Å². The van der Waals surface area contributed by atoms with E-state index in [0.717, 1.165) is 56.8 Å². The van der Waals surface area contributed by atoms with Crippen LogP contribution in [0.4, 0.5) is 34.1 Å². The second-order valence-electron chi connectivity index (χ2n) is 14.8. The van der Waals surface area contributed by atoms with E-state index in [2.05, 4.69) is 224 Å². The summed E-state index contributed by atoms with van der Waals surface area (Å²) in [6.45, 7) is 4.24. The van der Waals surface area contributed by atoms with Crippen LogP contribution in [0.3, 0.4) is 0 Å². The van der Waals surface area contributed by atoms with Crippen LogP contribution in [0, 0.1) is 13.8 Å². The summed E-state index contributed by atoms with van der Waals surface area (Å²) in [7, 11) is 0. The van der Waals surface area contributed by atoms with Gasteiger partial charge in [-0.3, -0.25) is 0 Å². The molecular weight excluding hydrogens is 717 g/mol. The number of hydrogen-bond acceptors (Lipinski definition) is 3. The van der Waals surface area contributed by atoms with Crippen molar-refractivity contribution in [2.45, 2.75) is 13.8 Å². The molecule has 59 heavy (non-hydrogen) atoms. The van der Waals surface area contributed by atoms with Crippen LogP contribution in [-0.2, 0) is 0 Å². The van der Waals surface area contributed by atoms with E-state index in [1.54, 1.807) is 0 Å². The zero-order valence-corrected chi connectivity index (χ0v) is 33.2. The Kier molecular flexibility index (Phi) is 10.6. The van der Waals surface area contributed by atoms with Crippen LogP contribution in [0.5, 0.6) is 11.5 Å². The van der Waals surface area contributed by atoms with Crippen molar-refractivity contribution in [2.75, 3.05) is 9.80 Å². The first kappa shape index (κ1) is 37.0. The number of anilines is 6. The molecule has 0 amide bonds. The smallest absolute Gasteiger partial charge is 0.127 e. The van der Waals surface area contributed by atoms with Gasteiger partial charge in [-0.2, -0.15) is 0 Å². The van der Waals surface area contributed by atoms with Gasteiger partial charge in [0.15, 0.2) is 0 Å². The molecule has 0 aliphatic rings. The Labute approximate surface area is 347 Å². The quantitative estimate of drug-likeness (QED) is 0.131. The number of hydrogen-bond donors (Lipinski definition) is 0. The molecule has 284 valence electrons. The fourth-order valence-corrected chi connectivity index (χ4v) is 7.46. The number of ether oxygens (including phenoxy) is 1. The molecule has 0 N–H and O–H groups in total. The number of nitrogens with zero attached hydrogens (tertiary/aromatic N) is 2. The summed E-state index contributed by atoms with van der Waals surface area (Å²) in [6.07, 6.45) is 0. The fraction of sp³-hybridized carbons (Fsp3) is 0.0357. The molecule has 0 aliphatic heterocycles. The van der Waals surface area contributed by atoms with Crippen LogP contribution in [0.15, 0.2) is 231 Å². The summed E-state index contributed by atoms with van der Waals surface area (Å²) < 4.78 is 6.35. The SMILES string of the molecule is Cc1ccc(-c2ccc(N(c3ccccc3)c3ccc(Oc4ccc(-c5ccc(N(c6ccccc6)c6ccc(-c7ccc(C)cc7)cc6)cc5)cc4)cc3)cc2)cc1. The van der Waals surface area contributed by atoms with Crippen molar-refractivity contribution in [2.24, 2.45) is 0 Å². The molecule has 0 saturated carbocycles. The van der Waals surface area contributed by atoms with Gasteiger partial charge in [0.05, 0.1) is 0 Å². The predicted octanol–water partition coefficient (Wildman–Crippen LogP) is 16.0. The minimum atomic E-state index is 0.779. The topological polar surface area (TPSA) is 15.7 Å². The van der Waals surface area contributed by atoms with E-state index in [9.17, 15) is 0 Å². The number of rotatable bonds is 11. The number of benzene rings is 9. The Morgan fingerprint density at radius 2 is 0.458 bits per heavy atom. The molecule has 0 spiro atoms. The lowest BCUT2D eigenvalue weighted by atomic mass is 10.0. The lowest BCUT2D eigenvalue weighted by Gasteiger charge is -2.26. The molecule has 9 aromatic rings. The van der Waals surface area contributed by atoms with Crippen LogP contribution < -0.4 is 14.5 Å². The number of para-hydroxylation sites is 2. The molecule has 3 nitrogen and oxygen atoms in total. The fourth-order valence-electron chi connectivity index (χ4n) is 7.46. The van der Waals surface area contributed by atoms with Gasteiger partial charge in [-0.1, -0.05) is 145 Å². The van der Waals surface area contributed by atoms with Gasteiger partial charge < -0.3 is 14.5 Å². The van der Waals surface area contributed by atoms with Crippen molar-refractivity contribution in [1.29, 1.82) is 0 Å². The average molecular weight is 761 g/mol. The van der Waals surface area contributed by atoms with Crippen LogP contribution >= 0.6 is 0 Å². The average Bonchev–Trinajstić information content (AvgIpc) is 3.30. The Morgan fingerprint density at radius 1 is 0.237 bits per heavy atom.